The Labute approximate surface area is 116 Å². The molecule has 0 saturated heterocycles. The molecule has 0 aliphatic heterocycles. The Hall–Kier alpha value is -1.82. The number of H-pyrrole nitrogens is 1. The van der Waals surface area contributed by atoms with Crippen molar-refractivity contribution in [3.8, 4) is 0 Å². The minimum atomic E-state index is -0.287. The largest absolute Gasteiger partial charge is 0.348 e. The highest BCUT2D eigenvalue weighted by molar-refractivity contribution is 6.34. The summed E-state index contributed by atoms with van der Waals surface area (Å²) in [5, 5.41) is 13.9. The van der Waals surface area contributed by atoms with Crippen LogP contribution in [-0.4, -0.2) is 32.4 Å². The highest BCUT2D eigenvalue weighted by atomic mass is 35.5. The standard InChI is InChI=1S/C12H16ClN5O/c1-7-4-15-18(6-7)8(2)5-14-12(19)11-10(13)9(3)16-17-11/h4,6,8H,5H2,1-3H3,(H,14,19)(H,16,17)/t8-/m0/s1. The van der Waals surface area contributed by atoms with Crippen molar-refractivity contribution in [1.29, 1.82) is 0 Å². The molecule has 2 rings (SSSR count). The van der Waals surface area contributed by atoms with Crippen LogP contribution >= 0.6 is 11.6 Å². The summed E-state index contributed by atoms with van der Waals surface area (Å²) in [5.74, 6) is -0.287. The normalized spacial score (nSPS) is 12.4. The third-order valence-corrected chi connectivity index (χ3v) is 3.29. The van der Waals surface area contributed by atoms with Crippen LogP contribution in [0.2, 0.25) is 5.02 Å². The summed E-state index contributed by atoms with van der Waals surface area (Å²) in [7, 11) is 0. The molecule has 2 aromatic heterocycles. The first kappa shape index (κ1) is 13.6. The Morgan fingerprint density at radius 3 is 2.84 bits per heavy atom. The molecule has 0 aliphatic carbocycles. The molecule has 0 radical (unpaired) electrons. The second kappa shape index (κ2) is 5.44. The van der Waals surface area contributed by atoms with E-state index < -0.39 is 0 Å². The van der Waals surface area contributed by atoms with E-state index >= 15 is 0 Å². The fourth-order valence-corrected chi connectivity index (χ4v) is 1.83. The monoisotopic (exact) mass is 281 g/mol. The molecule has 0 spiro atoms. The molecule has 0 fully saturated rings. The van der Waals surface area contributed by atoms with E-state index in [4.69, 9.17) is 11.6 Å². The summed E-state index contributed by atoms with van der Waals surface area (Å²) in [6, 6.07) is 0.0662. The van der Waals surface area contributed by atoms with Gasteiger partial charge in [0.15, 0.2) is 5.69 Å². The number of rotatable bonds is 4. The lowest BCUT2D eigenvalue weighted by Gasteiger charge is -2.12. The SMILES string of the molecule is Cc1cnn([C@@H](C)CNC(=O)c2n[nH]c(C)c2Cl)c1. The maximum atomic E-state index is 11.9. The highest BCUT2D eigenvalue weighted by Gasteiger charge is 2.16. The van der Waals surface area contributed by atoms with Gasteiger partial charge in [-0.25, -0.2) is 0 Å². The van der Waals surface area contributed by atoms with Gasteiger partial charge < -0.3 is 5.32 Å². The zero-order valence-electron chi connectivity index (χ0n) is 11.1. The third-order valence-electron chi connectivity index (χ3n) is 2.83. The average Bonchev–Trinajstić information content (AvgIpc) is 2.94. The summed E-state index contributed by atoms with van der Waals surface area (Å²) < 4.78 is 1.81. The highest BCUT2D eigenvalue weighted by Crippen LogP contribution is 2.16. The van der Waals surface area contributed by atoms with E-state index in [9.17, 15) is 4.79 Å². The number of nitrogens with one attached hydrogen (secondary N) is 2. The predicted octanol–water partition coefficient (Wildman–Crippen LogP) is 1.87. The molecule has 102 valence electrons. The fraction of sp³-hybridized carbons (Fsp3) is 0.417. The molecule has 1 atom stereocenters. The van der Waals surface area contributed by atoms with Crippen LogP contribution < -0.4 is 5.32 Å². The van der Waals surface area contributed by atoms with E-state index in [1.165, 1.54) is 0 Å². The molecule has 2 aromatic rings. The molecule has 0 aromatic carbocycles. The van der Waals surface area contributed by atoms with E-state index in [2.05, 4.69) is 20.6 Å². The lowest BCUT2D eigenvalue weighted by Crippen LogP contribution is -2.30. The minimum Gasteiger partial charge on any atom is -0.348 e. The van der Waals surface area contributed by atoms with Crippen molar-refractivity contribution >= 4 is 17.5 Å². The minimum absolute atomic E-state index is 0.0662. The first-order valence-electron chi connectivity index (χ1n) is 5.98. The second-order valence-electron chi connectivity index (χ2n) is 4.57. The van der Waals surface area contributed by atoms with Crippen LogP contribution in [0.1, 0.15) is 34.7 Å². The van der Waals surface area contributed by atoms with Crippen molar-refractivity contribution in [2.75, 3.05) is 6.54 Å². The molecule has 0 saturated carbocycles. The summed E-state index contributed by atoms with van der Waals surface area (Å²) >= 11 is 5.97. The van der Waals surface area contributed by atoms with E-state index in [-0.39, 0.29) is 17.6 Å². The topological polar surface area (TPSA) is 75.6 Å². The van der Waals surface area contributed by atoms with Gasteiger partial charge >= 0.3 is 0 Å². The zero-order chi connectivity index (χ0) is 14.0. The average molecular weight is 282 g/mol. The van der Waals surface area contributed by atoms with Gasteiger partial charge in [-0.2, -0.15) is 10.2 Å². The number of carbonyl (C=O) groups excluding carboxylic acids is 1. The van der Waals surface area contributed by atoms with Gasteiger partial charge in [0.25, 0.3) is 5.91 Å². The Balaban J connectivity index is 1.95. The van der Waals surface area contributed by atoms with Crippen molar-refractivity contribution in [3.63, 3.8) is 0 Å². The molecule has 6 nitrogen and oxygen atoms in total. The van der Waals surface area contributed by atoms with Crippen LogP contribution in [0.5, 0.6) is 0 Å². The van der Waals surface area contributed by atoms with Gasteiger partial charge in [-0.1, -0.05) is 11.6 Å². The molecule has 1 amide bonds. The third kappa shape index (κ3) is 2.96. The number of halogens is 1. The molecule has 2 heterocycles. The van der Waals surface area contributed by atoms with Crippen LogP contribution in [0.15, 0.2) is 12.4 Å². The van der Waals surface area contributed by atoms with E-state index in [0.29, 0.717) is 17.3 Å². The maximum Gasteiger partial charge on any atom is 0.273 e. The molecule has 7 heteroatoms. The Kier molecular flexibility index (Phi) is 3.90. The number of nitrogens with zero attached hydrogens (tertiary/aromatic N) is 3. The van der Waals surface area contributed by atoms with Crippen molar-refractivity contribution in [2.45, 2.75) is 26.8 Å². The van der Waals surface area contributed by atoms with E-state index in [1.54, 1.807) is 13.1 Å². The predicted molar refractivity (Wildman–Crippen MR) is 72.3 cm³/mol. The van der Waals surface area contributed by atoms with E-state index in [1.807, 2.05) is 24.7 Å². The number of carbonyl (C=O) groups is 1. The van der Waals surface area contributed by atoms with Crippen LogP contribution in [0.3, 0.4) is 0 Å². The fourth-order valence-electron chi connectivity index (χ4n) is 1.66. The summed E-state index contributed by atoms with van der Waals surface area (Å²) in [5.41, 5.74) is 2.00. The Morgan fingerprint density at radius 1 is 1.58 bits per heavy atom. The summed E-state index contributed by atoms with van der Waals surface area (Å²) in [6.45, 7) is 6.18. The van der Waals surface area contributed by atoms with Crippen LogP contribution in [0.4, 0.5) is 0 Å². The number of aromatic amines is 1. The Bertz CT molecular complexity index is 589. The van der Waals surface area contributed by atoms with E-state index in [0.717, 1.165) is 5.56 Å². The number of hydrogen-bond donors (Lipinski definition) is 2. The second-order valence-corrected chi connectivity index (χ2v) is 4.95. The van der Waals surface area contributed by atoms with Gasteiger partial charge in [-0.3, -0.25) is 14.6 Å². The van der Waals surface area contributed by atoms with Crippen LogP contribution in [-0.2, 0) is 0 Å². The first-order chi connectivity index (χ1) is 8.99. The number of hydrogen-bond acceptors (Lipinski definition) is 3. The lowest BCUT2D eigenvalue weighted by molar-refractivity contribution is 0.0943. The molecular formula is C12H16ClN5O. The Morgan fingerprint density at radius 2 is 2.32 bits per heavy atom. The summed E-state index contributed by atoms with van der Waals surface area (Å²) in [4.78, 5) is 11.9. The quantitative estimate of drug-likeness (QED) is 0.898. The van der Waals surface area contributed by atoms with Gasteiger partial charge in [-0.15, -0.1) is 0 Å². The molecule has 19 heavy (non-hydrogen) atoms. The summed E-state index contributed by atoms with van der Waals surface area (Å²) in [6.07, 6.45) is 3.72. The van der Waals surface area contributed by atoms with Crippen molar-refractivity contribution in [2.24, 2.45) is 0 Å². The first-order valence-corrected chi connectivity index (χ1v) is 6.36. The molecular weight excluding hydrogens is 266 g/mol. The molecule has 0 bridgehead atoms. The van der Waals surface area contributed by atoms with Crippen molar-refractivity contribution < 1.29 is 4.79 Å². The molecule has 0 unspecified atom stereocenters. The van der Waals surface area contributed by atoms with Gasteiger partial charge in [-0.05, 0) is 26.3 Å². The smallest absolute Gasteiger partial charge is 0.273 e. The van der Waals surface area contributed by atoms with Gasteiger partial charge in [0, 0.05) is 12.7 Å². The number of aryl methyl sites for hydroxylation is 2. The van der Waals surface area contributed by atoms with Crippen molar-refractivity contribution in [3.05, 3.63) is 34.4 Å². The molecule has 0 aliphatic rings. The van der Waals surface area contributed by atoms with Gasteiger partial charge in [0.1, 0.15) is 0 Å². The number of amides is 1. The molecule has 2 N–H and O–H groups in total. The van der Waals surface area contributed by atoms with Gasteiger partial charge in [0.05, 0.1) is 23.0 Å². The van der Waals surface area contributed by atoms with Crippen LogP contribution in [0.25, 0.3) is 0 Å². The van der Waals surface area contributed by atoms with Gasteiger partial charge in [0.2, 0.25) is 0 Å². The van der Waals surface area contributed by atoms with Crippen LogP contribution in [0, 0.1) is 13.8 Å². The zero-order valence-corrected chi connectivity index (χ0v) is 11.8. The maximum absolute atomic E-state index is 11.9. The number of aromatic nitrogens is 4. The van der Waals surface area contributed by atoms with Crippen molar-refractivity contribution in [1.82, 2.24) is 25.3 Å². The lowest BCUT2D eigenvalue weighted by atomic mass is 10.3.